The lowest BCUT2D eigenvalue weighted by molar-refractivity contribution is -0.255. The summed E-state index contributed by atoms with van der Waals surface area (Å²) in [5.41, 5.74) is 1.56. The molecule has 0 aromatic heterocycles. The van der Waals surface area contributed by atoms with Gasteiger partial charge in [0, 0.05) is 0 Å². The van der Waals surface area contributed by atoms with E-state index in [0.717, 1.165) is 5.57 Å². The minimum absolute atomic E-state index is 0.0196. The second-order valence-corrected chi connectivity index (χ2v) is 6.05. The lowest BCUT2D eigenvalue weighted by Crippen LogP contribution is -2.31. The van der Waals surface area contributed by atoms with Crippen LogP contribution in [0.2, 0.25) is 0 Å². The number of aromatic carboxylic acids is 1. The first-order valence-corrected chi connectivity index (χ1v) is 7.26. The maximum absolute atomic E-state index is 12.6. The van der Waals surface area contributed by atoms with Crippen molar-refractivity contribution in [1.29, 1.82) is 0 Å². The summed E-state index contributed by atoms with van der Waals surface area (Å²) in [7, 11) is 0. The van der Waals surface area contributed by atoms with Crippen LogP contribution in [-0.4, -0.2) is 17.8 Å². The van der Waals surface area contributed by atoms with Crippen LogP contribution in [0.3, 0.4) is 0 Å². The maximum atomic E-state index is 12.6. The Morgan fingerprint density at radius 1 is 1.18 bits per heavy atom. The topological polar surface area (TPSA) is 77.5 Å². The molecule has 22 heavy (non-hydrogen) atoms. The monoisotopic (exact) mass is 298 g/mol. The lowest BCUT2D eigenvalue weighted by Gasteiger charge is -2.25. The van der Waals surface area contributed by atoms with Gasteiger partial charge in [-0.3, -0.25) is 14.5 Å². The Bertz CT molecular complexity index is 689. The SMILES string of the molecule is CC1=C[C@H](C)[C@H]2C(=O)N(c3ccc(C(=O)[O-])cc3)C(=O)[C@@H]2C1. The van der Waals surface area contributed by atoms with Crippen molar-refractivity contribution in [2.45, 2.75) is 20.3 Å². The molecule has 0 saturated carbocycles. The summed E-state index contributed by atoms with van der Waals surface area (Å²) >= 11 is 0. The van der Waals surface area contributed by atoms with Crippen molar-refractivity contribution in [3.63, 3.8) is 0 Å². The molecule has 0 N–H and O–H groups in total. The number of amides is 2. The van der Waals surface area contributed by atoms with Gasteiger partial charge in [0.25, 0.3) is 0 Å². The normalized spacial score (nSPS) is 27.6. The molecular formula is C17H16NO4-. The Morgan fingerprint density at radius 2 is 1.82 bits per heavy atom. The summed E-state index contributed by atoms with van der Waals surface area (Å²) in [6.45, 7) is 3.93. The van der Waals surface area contributed by atoms with Crippen LogP contribution < -0.4 is 10.0 Å². The van der Waals surface area contributed by atoms with Crippen LogP contribution in [-0.2, 0) is 9.59 Å². The molecule has 5 heteroatoms. The number of hydrogen-bond donors (Lipinski definition) is 0. The highest BCUT2D eigenvalue weighted by Gasteiger charge is 2.51. The second kappa shape index (κ2) is 5.09. The van der Waals surface area contributed by atoms with Gasteiger partial charge in [-0.05, 0) is 37.0 Å². The van der Waals surface area contributed by atoms with Gasteiger partial charge < -0.3 is 9.90 Å². The van der Waals surface area contributed by atoms with E-state index >= 15 is 0 Å². The molecule has 0 radical (unpaired) electrons. The number of hydrogen-bond acceptors (Lipinski definition) is 4. The van der Waals surface area contributed by atoms with Gasteiger partial charge in [0.2, 0.25) is 11.8 Å². The highest BCUT2D eigenvalue weighted by molar-refractivity contribution is 6.22. The van der Waals surface area contributed by atoms with E-state index in [1.165, 1.54) is 29.2 Å². The Hall–Kier alpha value is -2.43. The zero-order valence-electron chi connectivity index (χ0n) is 12.4. The summed E-state index contributed by atoms with van der Waals surface area (Å²) in [6.07, 6.45) is 2.66. The number of carboxylic acid groups (broad SMARTS) is 1. The van der Waals surface area contributed by atoms with Gasteiger partial charge in [-0.2, -0.15) is 0 Å². The number of allylic oxidation sites excluding steroid dienone is 2. The van der Waals surface area contributed by atoms with Crippen molar-refractivity contribution in [3.8, 4) is 0 Å². The van der Waals surface area contributed by atoms with Crippen molar-refractivity contribution in [3.05, 3.63) is 41.5 Å². The lowest BCUT2D eigenvalue weighted by atomic mass is 9.76. The minimum Gasteiger partial charge on any atom is -0.545 e. The molecule has 1 aromatic carbocycles. The maximum Gasteiger partial charge on any atom is 0.238 e. The van der Waals surface area contributed by atoms with Gasteiger partial charge in [0.1, 0.15) is 0 Å². The Kier molecular flexibility index (Phi) is 3.35. The fraction of sp³-hybridized carbons (Fsp3) is 0.353. The molecule has 114 valence electrons. The summed E-state index contributed by atoms with van der Waals surface area (Å²) < 4.78 is 0. The second-order valence-electron chi connectivity index (χ2n) is 6.05. The number of carbonyl (C=O) groups excluding carboxylic acids is 3. The van der Waals surface area contributed by atoms with E-state index in [2.05, 4.69) is 6.08 Å². The first kappa shape index (κ1) is 14.5. The summed E-state index contributed by atoms with van der Waals surface area (Å²) in [5.74, 6) is -2.29. The fourth-order valence-corrected chi connectivity index (χ4v) is 3.52. The third kappa shape index (κ3) is 2.13. The highest BCUT2D eigenvalue weighted by Crippen LogP contribution is 2.42. The standard InChI is InChI=1S/C17H17NO4/c1-9-7-10(2)14-13(8-9)15(19)18(16(14)20)12-5-3-11(4-6-12)17(21)22/h3-7,10,13-14H,8H2,1-2H3,(H,21,22)/p-1/t10-,13+,14+/m0/s1. The van der Waals surface area contributed by atoms with Crippen molar-refractivity contribution in [2.24, 2.45) is 17.8 Å². The molecule has 1 saturated heterocycles. The Labute approximate surface area is 128 Å². The van der Waals surface area contributed by atoms with Gasteiger partial charge in [0.15, 0.2) is 0 Å². The predicted octanol–water partition coefficient (Wildman–Crippen LogP) is 1.14. The first-order valence-electron chi connectivity index (χ1n) is 7.26. The molecule has 3 rings (SSSR count). The molecule has 1 fully saturated rings. The minimum atomic E-state index is -1.28. The molecule has 1 heterocycles. The zero-order chi connectivity index (χ0) is 16.0. The third-order valence-electron chi connectivity index (χ3n) is 4.49. The summed E-state index contributed by atoms with van der Waals surface area (Å²) in [6, 6.07) is 5.65. The zero-order valence-corrected chi connectivity index (χ0v) is 12.4. The van der Waals surface area contributed by atoms with E-state index in [9.17, 15) is 19.5 Å². The van der Waals surface area contributed by atoms with Gasteiger partial charge in [0.05, 0.1) is 23.5 Å². The molecule has 2 aliphatic rings. The highest BCUT2D eigenvalue weighted by atomic mass is 16.4. The number of nitrogens with zero attached hydrogens (tertiary/aromatic N) is 1. The molecule has 3 atom stereocenters. The third-order valence-corrected chi connectivity index (χ3v) is 4.49. The average Bonchev–Trinajstić information content (AvgIpc) is 2.70. The molecule has 2 amide bonds. The number of rotatable bonds is 2. The van der Waals surface area contributed by atoms with E-state index in [1.807, 2.05) is 13.8 Å². The Morgan fingerprint density at radius 3 is 2.41 bits per heavy atom. The largest absolute Gasteiger partial charge is 0.545 e. The van der Waals surface area contributed by atoms with Crippen molar-refractivity contribution in [2.75, 3.05) is 4.90 Å². The van der Waals surface area contributed by atoms with Crippen LogP contribution in [0.15, 0.2) is 35.9 Å². The average molecular weight is 298 g/mol. The number of imide groups is 1. The Balaban J connectivity index is 1.94. The molecule has 5 nitrogen and oxygen atoms in total. The van der Waals surface area contributed by atoms with Crippen molar-refractivity contribution in [1.82, 2.24) is 0 Å². The predicted molar refractivity (Wildman–Crippen MR) is 77.8 cm³/mol. The van der Waals surface area contributed by atoms with Gasteiger partial charge in [-0.15, -0.1) is 0 Å². The van der Waals surface area contributed by atoms with Crippen LogP contribution in [0.1, 0.15) is 30.6 Å². The van der Waals surface area contributed by atoms with Crippen molar-refractivity contribution >= 4 is 23.5 Å². The molecule has 1 aliphatic heterocycles. The smallest absolute Gasteiger partial charge is 0.238 e. The molecule has 0 bridgehead atoms. The van der Waals surface area contributed by atoms with Crippen LogP contribution in [0.5, 0.6) is 0 Å². The van der Waals surface area contributed by atoms with Crippen LogP contribution in [0.4, 0.5) is 5.69 Å². The number of anilines is 1. The fourth-order valence-electron chi connectivity index (χ4n) is 3.52. The first-order chi connectivity index (χ1) is 10.4. The summed E-state index contributed by atoms with van der Waals surface area (Å²) in [5, 5.41) is 10.8. The van der Waals surface area contributed by atoms with E-state index in [4.69, 9.17) is 0 Å². The van der Waals surface area contributed by atoms with Crippen LogP contribution in [0, 0.1) is 17.8 Å². The number of benzene rings is 1. The van der Waals surface area contributed by atoms with Crippen molar-refractivity contribution < 1.29 is 19.5 Å². The molecular weight excluding hydrogens is 282 g/mol. The van der Waals surface area contributed by atoms with Crippen LogP contribution >= 0.6 is 0 Å². The van der Waals surface area contributed by atoms with Crippen LogP contribution in [0.25, 0.3) is 0 Å². The number of fused-ring (bicyclic) bond motifs is 1. The number of carboxylic acids is 1. The molecule has 0 spiro atoms. The molecule has 1 aliphatic carbocycles. The van der Waals surface area contributed by atoms with Gasteiger partial charge in [-0.25, -0.2) is 0 Å². The van der Waals surface area contributed by atoms with E-state index in [-0.39, 0.29) is 35.1 Å². The van der Waals surface area contributed by atoms with E-state index < -0.39 is 5.97 Å². The summed E-state index contributed by atoms with van der Waals surface area (Å²) in [4.78, 5) is 37.2. The quantitative estimate of drug-likeness (QED) is 0.606. The van der Waals surface area contributed by atoms with E-state index in [1.54, 1.807) is 0 Å². The van der Waals surface area contributed by atoms with Gasteiger partial charge in [-0.1, -0.05) is 30.7 Å². The number of carbonyl (C=O) groups is 3. The van der Waals surface area contributed by atoms with E-state index in [0.29, 0.717) is 12.1 Å². The molecule has 1 aromatic rings. The van der Waals surface area contributed by atoms with Gasteiger partial charge >= 0.3 is 0 Å². The molecule has 0 unspecified atom stereocenters.